The summed E-state index contributed by atoms with van der Waals surface area (Å²) in [6, 6.07) is 11.8. The molecule has 0 saturated heterocycles. The summed E-state index contributed by atoms with van der Waals surface area (Å²) in [6.07, 6.45) is 0. The second-order valence-corrected chi connectivity index (χ2v) is 4.27. The van der Waals surface area contributed by atoms with Gasteiger partial charge in [0.2, 0.25) is 0 Å². The van der Waals surface area contributed by atoms with Crippen LogP contribution in [0, 0.1) is 17.7 Å². The molecule has 0 bridgehead atoms. The zero-order valence-electron chi connectivity index (χ0n) is 10.4. The number of benzene rings is 2. The zero-order valence-corrected chi connectivity index (χ0v) is 11.2. The van der Waals surface area contributed by atoms with E-state index in [4.69, 9.17) is 16.3 Å². The maximum atomic E-state index is 13.5. The minimum absolute atomic E-state index is 0.332. The first-order valence-electron chi connectivity index (χ1n) is 5.89. The molecule has 0 aliphatic carbocycles. The molecular formula is C16H12ClFO. The van der Waals surface area contributed by atoms with Crippen molar-refractivity contribution in [2.45, 2.75) is 6.92 Å². The zero-order chi connectivity index (χ0) is 13.7. The lowest BCUT2D eigenvalue weighted by atomic mass is 10.1. The molecule has 0 unspecified atom stereocenters. The maximum Gasteiger partial charge on any atom is 0.140 e. The predicted octanol–water partition coefficient (Wildman–Crippen LogP) is 4.28. The number of hydrogen-bond donors (Lipinski definition) is 0. The first-order chi connectivity index (χ1) is 9.19. The molecule has 96 valence electrons. The molecule has 0 amide bonds. The van der Waals surface area contributed by atoms with E-state index >= 15 is 0 Å². The van der Waals surface area contributed by atoms with Gasteiger partial charge in [-0.2, -0.15) is 0 Å². The Labute approximate surface area is 117 Å². The molecule has 0 radical (unpaired) electrons. The summed E-state index contributed by atoms with van der Waals surface area (Å²) in [4.78, 5) is 0. The lowest BCUT2D eigenvalue weighted by Gasteiger charge is -2.01. The highest BCUT2D eigenvalue weighted by atomic mass is 35.5. The Morgan fingerprint density at radius 2 is 1.84 bits per heavy atom. The monoisotopic (exact) mass is 274 g/mol. The first kappa shape index (κ1) is 13.5. The fraction of sp³-hybridized carbons (Fsp3) is 0.125. The molecule has 0 saturated carbocycles. The van der Waals surface area contributed by atoms with Crippen LogP contribution in [0.5, 0.6) is 5.75 Å². The second kappa shape index (κ2) is 6.26. The van der Waals surface area contributed by atoms with E-state index in [0.717, 1.165) is 11.3 Å². The lowest BCUT2D eigenvalue weighted by molar-refractivity contribution is 0.340. The van der Waals surface area contributed by atoms with E-state index in [0.29, 0.717) is 17.2 Å². The Morgan fingerprint density at radius 3 is 2.47 bits per heavy atom. The molecule has 0 aliphatic rings. The molecule has 19 heavy (non-hydrogen) atoms. The molecule has 0 aromatic heterocycles. The number of rotatable bonds is 2. The van der Waals surface area contributed by atoms with Crippen molar-refractivity contribution in [2.24, 2.45) is 0 Å². The Morgan fingerprint density at radius 1 is 1.11 bits per heavy atom. The maximum absolute atomic E-state index is 13.5. The van der Waals surface area contributed by atoms with Gasteiger partial charge in [-0.1, -0.05) is 23.4 Å². The second-order valence-electron chi connectivity index (χ2n) is 3.83. The highest BCUT2D eigenvalue weighted by Crippen LogP contribution is 2.14. The van der Waals surface area contributed by atoms with Gasteiger partial charge in [0, 0.05) is 10.6 Å². The Balaban J connectivity index is 2.19. The van der Waals surface area contributed by atoms with E-state index < -0.39 is 5.82 Å². The topological polar surface area (TPSA) is 9.23 Å². The van der Waals surface area contributed by atoms with Crippen LogP contribution in [-0.2, 0) is 0 Å². The number of halogens is 2. The van der Waals surface area contributed by atoms with Crippen LogP contribution in [0.2, 0.25) is 5.02 Å². The van der Waals surface area contributed by atoms with Crippen LogP contribution in [0.4, 0.5) is 4.39 Å². The van der Waals surface area contributed by atoms with Gasteiger partial charge >= 0.3 is 0 Å². The van der Waals surface area contributed by atoms with Crippen LogP contribution in [0.25, 0.3) is 0 Å². The van der Waals surface area contributed by atoms with Gasteiger partial charge in [0.25, 0.3) is 0 Å². The molecule has 0 fully saturated rings. The molecule has 2 aromatic carbocycles. The van der Waals surface area contributed by atoms with E-state index in [9.17, 15) is 4.39 Å². The smallest absolute Gasteiger partial charge is 0.140 e. The van der Waals surface area contributed by atoms with E-state index in [-0.39, 0.29) is 0 Å². The Bertz CT molecular complexity index is 623. The number of hydrogen-bond acceptors (Lipinski definition) is 1. The van der Waals surface area contributed by atoms with Crippen molar-refractivity contribution < 1.29 is 9.13 Å². The fourth-order valence-electron chi connectivity index (χ4n) is 1.53. The molecule has 0 heterocycles. The van der Waals surface area contributed by atoms with Gasteiger partial charge in [-0.25, -0.2) is 4.39 Å². The van der Waals surface area contributed by atoms with E-state index in [1.54, 1.807) is 12.1 Å². The molecule has 0 spiro atoms. The predicted molar refractivity (Wildman–Crippen MR) is 75.0 cm³/mol. The first-order valence-corrected chi connectivity index (χ1v) is 6.27. The largest absolute Gasteiger partial charge is 0.494 e. The van der Waals surface area contributed by atoms with Crippen molar-refractivity contribution >= 4 is 11.6 Å². The lowest BCUT2D eigenvalue weighted by Crippen LogP contribution is -1.90. The van der Waals surface area contributed by atoms with E-state index in [1.807, 2.05) is 31.2 Å². The quantitative estimate of drug-likeness (QED) is 0.743. The van der Waals surface area contributed by atoms with Crippen LogP contribution >= 0.6 is 11.6 Å². The highest BCUT2D eigenvalue weighted by Gasteiger charge is 1.99. The average Bonchev–Trinajstić information content (AvgIpc) is 2.40. The van der Waals surface area contributed by atoms with Gasteiger partial charge in [0.15, 0.2) is 0 Å². The van der Waals surface area contributed by atoms with Gasteiger partial charge in [0.05, 0.1) is 12.2 Å². The molecule has 2 aromatic rings. The van der Waals surface area contributed by atoms with Crippen molar-refractivity contribution in [1.82, 2.24) is 0 Å². The third-order valence-electron chi connectivity index (χ3n) is 2.44. The normalized spacial score (nSPS) is 9.63. The molecule has 1 nitrogen and oxygen atoms in total. The summed E-state index contributed by atoms with van der Waals surface area (Å²) in [6.45, 7) is 2.55. The molecular weight excluding hydrogens is 263 g/mol. The van der Waals surface area contributed by atoms with E-state index in [2.05, 4.69) is 11.8 Å². The van der Waals surface area contributed by atoms with Crippen LogP contribution in [0.1, 0.15) is 18.1 Å². The van der Waals surface area contributed by atoms with Crippen molar-refractivity contribution in [3.63, 3.8) is 0 Å². The molecule has 0 aliphatic heterocycles. The summed E-state index contributed by atoms with van der Waals surface area (Å²) in [7, 11) is 0. The Hall–Kier alpha value is -1.98. The Kier molecular flexibility index (Phi) is 4.43. The third-order valence-corrected chi connectivity index (χ3v) is 2.67. The molecule has 3 heteroatoms. The fourth-order valence-corrected chi connectivity index (χ4v) is 1.69. The summed E-state index contributed by atoms with van der Waals surface area (Å²) in [5.74, 6) is 6.07. The minimum atomic E-state index is -0.411. The minimum Gasteiger partial charge on any atom is -0.494 e. The van der Waals surface area contributed by atoms with Crippen LogP contribution in [0.15, 0.2) is 42.5 Å². The molecule has 2 rings (SSSR count). The summed E-state index contributed by atoms with van der Waals surface area (Å²) in [5, 5.41) is 0.365. The van der Waals surface area contributed by atoms with Gasteiger partial charge in [0.1, 0.15) is 11.6 Å². The van der Waals surface area contributed by atoms with E-state index in [1.165, 1.54) is 6.07 Å². The van der Waals surface area contributed by atoms with Crippen molar-refractivity contribution in [1.29, 1.82) is 0 Å². The van der Waals surface area contributed by atoms with Gasteiger partial charge in [-0.3, -0.25) is 0 Å². The molecule has 0 atom stereocenters. The van der Waals surface area contributed by atoms with Crippen LogP contribution < -0.4 is 4.74 Å². The number of ether oxygens (including phenoxy) is 1. The SMILES string of the molecule is CCOc1ccc(C#Cc2ccc(Cl)cc2F)cc1. The average molecular weight is 275 g/mol. The summed E-state index contributed by atoms with van der Waals surface area (Å²) >= 11 is 5.68. The third kappa shape index (κ3) is 3.74. The summed E-state index contributed by atoms with van der Waals surface area (Å²) < 4.78 is 18.8. The van der Waals surface area contributed by atoms with Gasteiger partial charge < -0.3 is 4.74 Å². The van der Waals surface area contributed by atoms with Gasteiger partial charge in [-0.05, 0) is 49.4 Å². The van der Waals surface area contributed by atoms with Crippen LogP contribution in [-0.4, -0.2) is 6.61 Å². The summed E-state index contributed by atoms with van der Waals surface area (Å²) in [5.41, 5.74) is 1.14. The standard InChI is InChI=1S/C16H12ClFO/c1-2-19-15-9-4-12(5-10-15)3-6-13-7-8-14(17)11-16(13)18/h4-5,7-11H,2H2,1H3. The van der Waals surface area contributed by atoms with Gasteiger partial charge in [-0.15, -0.1) is 0 Å². The van der Waals surface area contributed by atoms with Crippen molar-refractivity contribution in [2.75, 3.05) is 6.61 Å². The van der Waals surface area contributed by atoms with Crippen molar-refractivity contribution in [3.8, 4) is 17.6 Å². The van der Waals surface area contributed by atoms with Crippen molar-refractivity contribution in [3.05, 3.63) is 64.4 Å². The van der Waals surface area contributed by atoms with Crippen LogP contribution in [0.3, 0.4) is 0 Å². The molecule has 0 N–H and O–H groups in total. The highest BCUT2D eigenvalue weighted by molar-refractivity contribution is 6.30.